The van der Waals surface area contributed by atoms with E-state index in [0.29, 0.717) is 0 Å². The van der Waals surface area contributed by atoms with E-state index in [1.54, 1.807) is 0 Å². The number of carbonyl (C=O) groups excluding carboxylic acids is 5. The molecule has 0 aromatic heterocycles. The van der Waals surface area contributed by atoms with Gasteiger partial charge in [0.2, 0.25) is 6.29 Å². The zero-order chi connectivity index (χ0) is 26.3. The molecule has 0 amide bonds. The maximum atomic E-state index is 11.9. The molecule has 0 bridgehead atoms. The minimum Gasteiger partial charge on any atom is -0.463 e. The van der Waals surface area contributed by atoms with Gasteiger partial charge < -0.3 is 33.2 Å². The van der Waals surface area contributed by atoms with Crippen LogP contribution in [0.3, 0.4) is 0 Å². The smallest absolute Gasteiger partial charge is 0.303 e. The minimum atomic E-state index is -1.68. The molecule has 1 aliphatic carbocycles. The Bertz CT molecular complexity index is 924. The average Bonchev–Trinajstić information content (AvgIpc) is 3.12. The second-order valence-corrected chi connectivity index (χ2v) is 7.90. The van der Waals surface area contributed by atoms with E-state index in [4.69, 9.17) is 33.2 Å². The quantitative estimate of drug-likeness (QED) is 0.254. The summed E-state index contributed by atoms with van der Waals surface area (Å²) < 4.78 is 37.8. The Labute approximate surface area is 201 Å². The Balaban J connectivity index is 2.45. The lowest BCUT2D eigenvalue weighted by molar-refractivity contribution is -0.320. The molecule has 13 nitrogen and oxygen atoms in total. The molecule has 1 fully saturated rings. The lowest BCUT2D eigenvalue weighted by atomic mass is 9.97. The van der Waals surface area contributed by atoms with Gasteiger partial charge in [0.1, 0.15) is 24.9 Å². The summed E-state index contributed by atoms with van der Waals surface area (Å²) in [6.07, 6.45) is -5.11. The van der Waals surface area contributed by atoms with Gasteiger partial charge >= 0.3 is 29.8 Å². The third kappa shape index (κ3) is 7.76. The zero-order valence-electron chi connectivity index (χ0n) is 19.9. The van der Waals surface area contributed by atoms with Crippen molar-refractivity contribution in [1.82, 2.24) is 0 Å². The van der Waals surface area contributed by atoms with E-state index in [0.717, 1.165) is 27.7 Å². The van der Waals surface area contributed by atoms with Gasteiger partial charge in [0.15, 0.2) is 23.9 Å². The number of carbonyl (C=O) groups is 5. The van der Waals surface area contributed by atoms with Crippen LogP contribution in [0.2, 0.25) is 0 Å². The van der Waals surface area contributed by atoms with Crippen LogP contribution in [-0.2, 0) is 57.1 Å². The van der Waals surface area contributed by atoms with Crippen molar-refractivity contribution in [3.8, 4) is 6.07 Å². The van der Waals surface area contributed by atoms with Crippen LogP contribution >= 0.6 is 0 Å². The van der Waals surface area contributed by atoms with Crippen LogP contribution in [0.5, 0.6) is 0 Å². The monoisotopic (exact) mass is 497 g/mol. The number of hydrogen-bond acceptors (Lipinski definition) is 13. The number of rotatable bonds is 8. The standard InChI is InChI=1S/C22H27NO12/c1-11(24)29-9-17-18(31-13(3)26)19(32-14(4)27)20(33-15(5)28)21(34-17)35-22(10-23)7-6-16(8-22)30-12(2)25/h6-7,16-21H,8-9H2,1-5H3/t16-,17-,18-,19+,20-,21+,22-/m1/s1. The molecule has 0 unspecified atom stereocenters. The van der Waals surface area contributed by atoms with Crippen molar-refractivity contribution in [1.29, 1.82) is 5.26 Å². The van der Waals surface area contributed by atoms with Crippen LogP contribution in [0.4, 0.5) is 0 Å². The second kappa shape index (κ2) is 11.8. The van der Waals surface area contributed by atoms with Gasteiger partial charge in [0, 0.05) is 41.0 Å². The largest absolute Gasteiger partial charge is 0.463 e. The van der Waals surface area contributed by atoms with Crippen LogP contribution < -0.4 is 0 Å². The first kappa shape index (κ1) is 27.7. The summed E-state index contributed by atoms with van der Waals surface area (Å²) in [6, 6.07) is 1.97. The normalized spacial score (nSPS) is 31.5. The van der Waals surface area contributed by atoms with Crippen molar-refractivity contribution in [3.05, 3.63) is 12.2 Å². The highest BCUT2D eigenvalue weighted by molar-refractivity contribution is 5.69. The molecule has 0 spiro atoms. The van der Waals surface area contributed by atoms with Gasteiger partial charge in [0.25, 0.3) is 0 Å². The zero-order valence-corrected chi connectivity index (χ0v) is 19.9. The fraction of sp³-hybridized carbons (Fsp3) is 0.636. The highest BCUT2D eigenvalue weighted by Gasteiger charge is 2.55. The third-order valence-electron chi connectivity index (χ3n) is 4.87. The molecular weight excluding hydrogens is 470 g/mol. The van der Waals surface area contributed by atoms with Crippen LogP contribution in [-0.4, -0.2) is 78.9 Å². The fourth-order valence-corrected chi connectivity index (χ4v) is 3.68. The molecular formula is C22H27NO12. The van der Waals surface area contributed by atoms with Crippen molar-refractivity contribution in [2.75, 3.05) is 6.61 Å². The summed E-state index contributed by atoms with van der Waals surface area (Å²) in [6.45, 7) is 5.18. The first-order valence-electron chi connectivity index (χ1n) is 10.6. The molecule has 1 aliphatic heterocycles. The molecule has 2 rings (SSSR count). The number of nitrogens with zero attached hydrogens (tertiary/aromatic N) is 1. The van der Waals surface area contributed by atoms with Gasteiger partial charge in [0.05, 0.1) is 0 Å². The highest BCUT2D eigenvalue weighted by Crippen LogP contribution is 2.36. The summed E-state index contributed by atoms with van der Waals surface area (Å²) in [7, 11) is 0. The summed E-state index contributed by atoms with van der Waals surface area (Å²) in [4.78, 5) is 58.3. The molecule has 192 valence electrons. The topological polar surface area (TPSA) is 174 Å². The predicted molar refractivity (Wildman–Crippen MR) is 111 cm³/mol. The Morgan fingerprint density at radius 2 is 1.40 bits per heavy atom. The number of ether oxygens (including phenoxy) is 7. The van der Waals surface area contributed by atoms with E-state index in [-0.39, 0.29) is 6.42 Å². The van der Waals surface area contributed by atoms with Gasteiger partial charge in [-0.1, -0.05) is 0 Å². The maximum absolute atomic E-state index is 11.9. The van der Waals surface area contributed by atoms with Crippen LogP contribution in [0.15, 0.2) is 12.2 Å². The predicted octanol–water partition coefficient (Wildman–Crippen LogP) is 0.240. The molecule has 0 radical (unpaired) electrons. The molecule has 7 atom stereocenters. The van der Waals surface area contributed by atoms with Gasteiger partial charge in [-0.3, -0.25) is 24.0 Å². The molecule has 0 aromatic carbocycles. The van der Waals surface area contributed by atoms with E-state index in [2.05, 4.69) is 0 Å². The molecule has 1 saturated heterocycles. The van der Waals surface area contributed by atoms with Crippen molar-refractivity contribution in [2.45, 2.75) is 83.5 Å². The summed E-state index contributed by atoms with van der Waals surface area (Å²) in [5, 5.41) is 9.84. The molecule has 2 aliphatic rings. The van der Waals surface area contributed by atoms with E-state index in [1.807, 2.05) is 6.07 Å². The van der Waals surface area contributed by atoms with Crippen LogP contribution in [0.25, 0.3) is 0 Å². The average molecular weight is 497 g/mol. The van der Waals surface area contributed by atoms with Crippen molar-refractivity contribution in [2.24, 2.45) is 0 Å². The lowest BCUT2D eigenvalue weighted by Crippen LogP contribution is -2.64. The minimum absolute atomic E-state index is 0.101. The van der Waals surface area contributed by atoms with E-state index in [1.165, 1.54) is 19.1 Å². The van der Waals surface area contributed by atoms with E-state index in [9.17, 15) is 29.2 Å². The summed E-state index contributed by atoms with van der Waals surface area (Å²) in [5.41, 5.74) is -1.68. The van der Waals surface area contributed by atoms with Gasteiger partial charge in [-0.2, -0.15) is 5.26 Å². The van der Waals surface area contributed by atoms with E-state index < -0.39 is 78.9 Å². The van der Waals surface area contributed by atoms with Crippen LogP contribution in [0, 0.1) is 11.3 Å². The van der Waals surface area contributed by atoms with Gasteiger partial charge in [-0.25, -0.2) is 0 Å². The SMILES string of the molecule is CC(=O)OC[C@H]1O[C@@H](O[C@]2(C#N)C=C[C@@H](OC(C)=O)C2)[C@H](OC(C)=O)[C@@H](OC(C)=O)[C@@H]1OC(C)=O. The Hall–Kier alpha value is -3.50. The maximum Gasteiger partial charge on any atom is 0.303 e. The Morgan fingerprint density at radius 1 is 0.857 bits per heavy atom. The Kier molecular flexibility index (Phi) is 9.32. The molecule has 0 aromatic rings. The van der Waals surface area contributed by atoms with Crippen molar-refractivity contribution in [3.63, 3.8) is 0 Å². The molecule has 1 heterocycles. The highest BCUT2D eigenvalue weighted by atomic mass is 16.7. The van der Waals surface area contributed by atoms with Gasteiger partial charge in [-0.15, -0.1) is 0 Å². The first-order valence-corrected chi connectivity index (χ1v) is 10.6. The molecule has 35 heavy (non-hydrogen) atoms. The molecule has 0 saturated carbocycles. The Morgan fingerprint density at radius 3 is 1.91 bits per heavy atom. The van der Waals surface area contributed by atoms with Crippen LogP contribution in [0.1, 0.15) is 41.0 Å². The van der Waals surface area contributed by atoms with Crippen molar-refractivity contribution < 1.29 is 57.1 Å². The summed E-state index contributed by atoms with van der Waals surface area (Å²) in [5.74, 6) is -3.63. The third-order valence-corrected chi connectivity index (χ3v) is 4.87. The van der Waals surface area contributed by atoms with E-state index >= 15 is 0 Å². The fourth-order valence-electron chi connectivity index (χ4n) is 3.68. The summed E-state index contributed by atoms with van der Waals surface area (Å²) >= 11 is 0. The number of hydrogen-bond donors (Lipinski definition) is 0. The number of esters is 5. The second-order valence-electron chi connectivity index (χ2n) is 7.90. The first-order chi connectivity index (χ1) is 16.4. The molecule has 0 N–H and O–H groups in total. The molecule has 13 heteroatoms. The number of nitriles is 1. The lowest BCUT2D eigenvalue weighted by Gasteiger charge is -2.45. The van der Waals surface area contributed by atoms with Crippen molar-refractivity contribution >= 4 is 29.8 Å². The van der Waals surface area contributed by atoms with Gasteiger partial charge in [-0.05, 0) is 12.2 Å².